The van der Waals surface area contributed by atoms with Gasteiger partial charge in [0.05, 0.1) is 0 Å². The summed E-state index contributed by atoms with van der Waals surface area (Å²) in [7, 11) is 0. The van der Waals surface area contributed by atoms with Crippen molar-refractivity contribution in [2.75, 3.05) is 0 Å². The molecule has 0 radical (unpaired) electrons. The second-order valence-electron chi connectivity index (χ2n) is 3.18. The fourth-order valence-corrected chi connectivity index (χ4v) is 1.24. The van der Waals surface area contributed by atoms with E-state index in [1.54, 1.807) is 0 Å². The number of aliphatic carboxylic acids is 1. The summed E-state index contributed by atoms with van der Waals surface area (Å²) < 4.78 is 0. The Morgan fingerprint density at radius 1 is 1.45 bits per heavy atom. The maximum absolute atomic E-state index is 10.1. The van der Waals surface area contributed by atoms with Crippen molar-refractivity contribution in [1.82, 2.24) is 0 Å². The average molecular weight is 158 g/mol. The molecule has 0 aromatic heterocycles. The van der Waals surface area contributed by atoms with Crippen LogP contribution in [-0.4, -0.2) is 11.1 Å². The quantitative estimate of drug-likeness (QED) is 0.645. The molecule has 0 aliphatic heterocycles. The predicted molar refractivity (Wildman–Crippen MR) is 45.6 cm³/mol. The predicted octanol–water partition coefficient (Wildman–Crippen LogP) is 2.68. The molecule has 0 spiro atoms. The second kappa shape index (κ2) is 6.20. The molecule has 66 valence electrons. The van der Waals surface area contributed by atoms with E-state index < -0.39 is 5.97 Å². The summed E-state index contributed by atoms with van der Waals surface area (Å²) in [5, 5.41) is 8.36. The maximum atomic E-state index is 10.1. The van der Waals surface area contributed by atoms with E-state index in [1.807, 2.05) is 0 Å². The molecule has 0 bridgehead atoms. The van der Waals surface area contributed by atoms with Gasteiger partial charge in [0, 0.05) is 6.42 Å². The van der Waals surface area contributed by atoms with Crippen LogP contribution in [0.3, 0.4) is 0 Å². The van der Waals surface area contributed by atoms with Crippen molar-refractivity contribution in [3.05, 3.63) is 0 Å². The molecule has 0 aliphatic carbocycles. The van der Waals surface area contributed by atoms with Crippen LogP contribution in [0.2, 0.25) is 0 Å². The average Bonchev–Trinajstić information content (AvgIpc) is 1.87. The summed E-state index contributed by atoms with van der Waals surface area (Å²) in [6, 6.07) is 0. The topological polar surface area (TPSA) is 37.3 Å². The fraction of sp³-hybridized carbons (Fsp3) is 0.889. The largest absolute Gasteiger partial charge is 0.481 e. The molecular formula is C9H18O2. The van der Waals surface area contributed by atoms with E-state index in [0.717, 1.165) is 12.8 Å². The Hall–Kier alpha value is -0.530. The van der Waals surface area contributed by atoms with Gasteiger partial charge in [-0.1, -0.05) is 33.1 Å². The number of carboxylic acids is 1. The van der Waals surface area contributed by atoms with Gasteiger partial charge in [0.15, 0.2) is 0 Å². The Kier molecular flexibility index (Phi) is 5.90. The van der Waals surface area contributed by atoms with E-state index in [4.69, 9.17) is 5.11 Å². The van der Waals surface area contributed by atoms with Gasteiger partial charge in [-0.25, -0.2) is 0 Å². The highest BCUT2D eigenvalue weighted by Crippen LogP contribution is 2.13. The molecule has 0 heterocycles. The molecule has 0 fully saturated rings. The molecule has 1 atom stereocenters. The third-order valence-electron chi connectivity index (χ3n) is 1.87. The van der Waals surface area contributed by atoms with Crippen LogP contribution in [0.1, 0.15) is 46.0 Å². The summed E-state index contributed by atoms with van der Waals surface area (Å²) in [6.07, 6.45) is 4.64. The first-order valence-corrected chi connectivity index (χ1v) is 4.38. The summed E-state index contributed by atoms with van der Waals surface area (Å²) in [4.78, 5) is 10.1. The van der Waals surface area contributed by atoms with Crippen molar-refractivity contribution < 1.29 is 9.90 Å². The van der Waals surface area contributed by atoms with Gasteiger partial charge in [0.25, 0.3) is 0 Å². The van der Waals surface area contributed by atoms with Crippen molar-refractivity contribution in [2.45, 2.75) is 46.0 Å². The molecule has 0 aliphatic rings. The number of carboxylic acid groups (broad SMARTS) is 1. The lowest BCUT2D eigenvalue weighted by Crippen LogP contribution is -1.98. The lowest BCUT2D eigenvalue weighted by molar-refractivity contribution is -0.137. The van der Waals surface area contributed by atoms with E-state index in [-0.39, 0.29) is 0 Å². The van der Waals surface area contributed by atoms with Gasteiger partial charge in [-0.2, -0.15) is 0 Å². The molecule has 0 saturated heterocycles. The van der Waals surface area contributed by atoms with E-state index in [2.05, 4.69) is 13.8 Å². The van der Waals surface area contributed by atoms with Crippen LogP contribution in [0, 0.1) is 5.92 Å². The van der Waals surface area contributed by atoms with Gasteiger partial charge in [0.1, 0.15) is 0 Å². The first-order chi connectivity index (χ1) is 5.16. The zero-order valence-corrected chi connectivity index (χ0v) is 7.47. The van der Waals surface area contributed by atoms with E-state index in [9.17, 15) is 4.79 Å². The van der Waals surface area contributed by atoms with Crippen molar-refractivity contribution >= 4 is 5.97 Å². The SMILES string of the molecule is CCCC(C)CCCC(=O)O. The van der Waals surface area contributed by atoms with Gasteiger partial charge < -0.3 is 5.11 Å². The van der Waals surface area contributed by atoms with Crippen molar-refractivity contribution in [2.24, 2.45) is 5.92 Å². The summed E-state index contributed by atoms with van der Waals surface area (Å²) >= 11 is 0. The van der Waals surface area contributed by atoms with Gasteiger partial charge in [0.2, 0.25) is 0 Å². The molecule has 1 N–H and O–H groups in total. The molecule has 2 nitrogen and oxygen atoms in total. The van der Waals surface area contributed by atoms with Crippen LogP contribution < -0.4 is 0 Å². The smallest absolute Gasteiger partial charge is 0.303 e. The highest BCUT2D eigenvalue weighted by molar-refractivity contribution is 5.66. The van der Waals surface area contributed by atoms with Gasteiger partial charge >= 0.3 is 5.97 Å². The maximum Gasteiger partial charge on any atom is 0.303 e. The Labute approximate surface area is 68.6 Å². The third kappa shape index (κ3) is 7.37. The first kappa shape index (κ1) is 10.5. The number of hydrogen-bond donors (Lipinski definition) is 1. The molecule has 1 unspecified atom stereocenters. The van der Waals surface area contributed by atoms with Crippen LogP contribution >= 0.6 is 0 Å². The third-order valence-corrected chi connectivity index (χ3v) is 1.87. The van der Waals surface area contributed by atoms with Crippen LogP contribution in [0.5, 0.6) is 0 Å². The van der Waals surface area contributed by atoms with Crippen LogP contribution in [0.25, 0.3) is 0 Å². The summed E-state index contributed by atoms with van der Waals surface area (Å²) in [6.45, 7) is 4.35. The highest BCUT2D eigenvalue weighted by atomic mass is 16.4. The number of hydrogen-bond acceptors (Lipinski definition) is 1. The summed E-state index contributed by atoms with van der Waals surface area (Å²) in [5.74, 6) is 0.0213. The van der Waals surface area contributed by atoms with Crippen molar-refractivity contribution in [3.8, 4) is 0 Å². The van der Waals surface area contributed by atoms with Gasteiger partial charge in [-0.05, 0) is 12.3 Å². The van der Waals surface area contributed by atoms with Crippen LogP contribution in [0.15, 0.2) is 0 Å². The molecular weight excluding hydrogens is 140 g/mol. The van der Waals surface area contributed by atoms with E-state index >= 15 is 0 Å². The minimum absolute atomic E-state index is 0.327. The zero-order valence-electron chi connectivity index (χ0n) is 7.47. The Balaban J connectivity index is 3.16. The Morgan fingerprint density at radius 3 is 2.55 bits per heavy atom. The molecule has 0 saturated carbocycles. The van der Waals surface area contributed by atoms with E-state index in [0.29, 0.717) is 12.3 Å². The monoisotopic (exact) mass is 158 g/mol. The zero-order chi connectivity index (χ0) is 8.69. The highest BCUT2D eigenvalue weighted by Gasteiger charge is 2.02. The molecule has 2 heteroatoms. The standard InChI is InChI=1S/C9H18O2/c1-3-5-8(2)6-4-7-9(10)11/h8H,3-7H2,1-2H3,(H,10,11). The molecule has 0 aromatic rings. The Bertz CT molecular complexity index is 110. The van der Waals surface area contributed by atoms with Crippen LogP contribution in [0.4, 0.5) is 0 Å². The molecule has 0 aromatic carbocycles. The second-order valence-corrected chi connectivity index (χ2v) is 3.18. The number of rotatable bonds is 6. The van der Waals surface area contributed by atoms with Crippen LogP contribution in [-0.2, 0) is 4.79 Å². The molecule has 11 heavy (non-hydrogen) atoms. The lowest BCUT2D eigenvalue weighted by atomic mass is 9.99. The molecule has 0 amide bonds. The number of carbonyl (C=O) groups is 1. The van der Waals surface area contributed by atoms with Gasteiger partial charge in [-0.15, -0.1) is 0 Å². The normalized spacial score (nSPS) is 12.9. The minimum Gasteiger partial charge on any atom is -0.481 e. The lowest BCUT2D eigenvalue weighted by Gasteiger charge is -2.07. The van der Waals surface area contributed by atoms with Crippen molar-refractivity contribution in [1.29, 1.82) is 0 Å². The molecule has 0 rings (SSSR count). The fourth-order valence-electron chi connectivity index (χ4n) is 1.24. The Morgan fingerprint density at radius 2 is 2.09 bits per heavy atom. The minimum atomic E-state index is -0.673. The van der Waals surface area contributed by atoms with Crippen molar-refractivity contribution in [3.63, 3.8) is 0 Å². The van der Waals surface area contributed by atoms with E-state index in [1.165, 1.54) is 12.8 Å². The van der Waals surface area contributed by atoms with Gasteiger partial charge in [-0.3, -0.25) is 4.79 Å². The summed E-state index contributed by atoms with van der Waals surface area (Å²) in [5.41, 5.74) is 0. The first-order valence-electron chi connectivity index (χ1n) is 4.38.